The topological polar surface area (TPSA) is 57.9 Å². The van der Waals surface area contributed by atoms with E-state index in [9.17, 15) is 0 Å². The minimum atomic E-state index is 0.556. The number of methoxy groups -OCH3 is 3. The maximum absolute atomic E-state index is 6.00. The van der Waals surface area contributed by atoms with Crippen molar-refractivity contribution in [2.75, 3.05) is 21.3 Å². The lowest BCUT2D eigenvalue weighted by Gasteiger charge is -2.14. The van der Waals surface area contributed by atoms with Gasteiger partial charge in [0.05, 0.1) is 21.3 Å². The smallest absolute Gasteiger partial charge is 0.203 e. The molecule has 0 saturated heterocycles. The lowest BCUT2D eigenvalue weighted by molar-refractivity contribution is 0.324. The van der Waals surface area contributed by atoms with Crippen LogP contribution in [0, 0.1) is 0 Å². The standard InChI is InChI=1S/C21H18ClN3O3/c1-26-17-10-15(11-18(27-2)20(17)28-3)14-6-9-19-23-24-21(25(19)12-14)13-4-7-16(22)8-5-13/h4-12H,1-3H3. The van der Waals surface area contributed by atoms with Crippen LogP contribution < -0.4 is 14.2 Å². The molecule has 0 bridgehead atoms. The molecular formula is C21H18ClN3O3. The second-order valence-electron chi connectivity index (χ2n) is 6.09. The van der Waals surface area contributed by atoms with Gasteiger partial charge in [0.25, 0.3) is 0 Å². The van der Waals surface area contributed by atoms with Gasteiger partial charge in [0, 0.05) is 16.8 Å². The Labute approximate surface area is 167 Å². The second kappa shape index (κ2) is 7.40. The Hall–Kier alpha value is -3.25. The van der Waals surface area contributed by atoms with Gasteiger partial charge in [-0.1, -0.05) is 11.6 Å². The molecule has 0 unspecified atom stereocenters. The summed E-state index contributed by atoms with van der Waals surface area (Å²) in [6, 6.07) is 15.2. The molecule has 0 aliphatic rings. The molecule has 142 valence electrons. The van der Waals surface area contributed by atoms with Crippen LogP contribution in [-0.4, -0.2) is 35.9 Å². The first-order valence-corrected chi connectivity index (χ1v) is 8.93. The van der Waals surface area contributed by atoms with Crippen LogP contribution in [-0.2, 0) is 0 Å². The van der Waals surface area contributed by atoms with E-state index in [1.165, 1.54) is 0 Å². The van der Waals surface area contributed by atoms with Crippen LogP contribution in [0.5, 0.6) is 17.2 Å². The van der Waals surface area contributed by atoms with Gasteiger partial charge in [0.1, 0.15) is 0 Å². The minimum absolute atomic E-state index is 0.556. The minimum Gasteiger partial charge on any atom is -0.493 e. The number of rotatable bonds is 5. The largest absolute Gasteiger partial charge is 0.493 e. The lowest BCUT2D eigenvalue weighted by atomic mass is 10.1. The third kappa shape index (κ3) is 3.12. The van der Waals surface area contributed by atoms with E-state index in [1.807, 2.05) is 59.1 Å². The van der Waals surface area contributed by atoms with E-state index in [0.29, 0.717) is 22.3 Å². The first kappa shape index (κ1) is 18.1. The fourth-order valence-electron chi connectivity index (χ4n) is 3.11. The number of fused-ring (bicyclic) bond motifs is 1. The molecule has 0 aliphatic heterocycles. The van der Waals surface area contributed by atoms with E-state index in [2.05, 4.69) is 10.2 Å². The van der Waals surface area contributed by atoms with Crippen LogP contribution in [0.3, 0.4) is 0 Å². The van der Waals surface area contributed by atoms with E-state index < -0.39 is 0 Å². The molecule has 0 saturated carbocycles. The second-order valence-corrected chi connectivity index (χ2v) is 6.53. The summed E-state index contributed by atoms with van der Waals surface area (Å²) < 4.78 is 18.3. The number of nitrogens with zero attached hydrogens (tertiary/aromatic N) is 3. The number of ether oxygens (including phenoxy) is 3. The van der Waals surface area contributed by atoms with Crippen molar-refractivity contribution >= 4 is 17.2 Å². The lowest BCUT2D eigenvalue weighted by Crippen LogP contribution is -1.96. The zero-order chi connectivity index (χ0) is 19.7. The van der Waals surface area contributed by atoms with Gasteiger partial charge in [0.15, 0.2) is 23.0 Å². The van der Waals surface area contributed by atoms with Crippen LogP contribution in [0.4, 0.5) is 0 Å². The van der Waals surface area contributed by atoms with Crippen LogP contribution >= 0.6 is 11.6 Å². The van der Waals surface area contributed by atoms with Gasteiger partial charge in [-0.25, -0.2) is 0 Å². The predicted molar refractivity (Wildman–Crippen MR) is 109 cm³/mol. The summed E-state index contributed by atoms with van der Waals surface area (Å²) in [5.74, 6) is 2.49. The molecule has 0 N–H and O–H groups in total. The number of pyridine rings is 1. The average molecular weight is 396 g/mol. The molecule has 4 rings (SSSR count). The first-order chi connectivity index (χ1) is 13.6. The summed E-state index contributed by atoms with van der Waals surface area (Å²) in [5, 5.41) is 9.26. The number of aromatic nitrogens is 3. The molecule has 0 atom stereocenters. The van der Waals surface area contributed by atoms with E-state index in [0.717, 1.165) is 28.2 Å². The maximum Gasteiger partial charge on any atom is 0.203 e. The SMILES string of the molecule is COc1cc(-c2ccc3nnc(-c4ccc(Cl)cc4)n3c2)cc(OC)c1OC. The fraction of sp³-hybridized carbons (Fsp3) is 0.143. The molecule has 4 aromatic rings. The summed E-state index contributed by atoms with van der Waals surface area (Å²) in [7, 11) is 4.78. The molecule has 0 amide bonds. The molecule has 0 aliphatic carbocycles. The Balaban J connectivity index is 1.86. The zero-order valence-corrected chi connectivity index (χ0v) is 16.4. The molecule has 7 heteroatoms. The summed E-state index contributed by atoms with van der Waals surface area (Å²) in [4.78, 5) is 0. The van der Waals surface area contributed by atoms with Gasteiger partial charge < -0.3 is 14.2 Å². The quantitative estimate of drug-likeness (QED) is 0.488. The molecule has 2 heterocycles. The van der Waals surface area contributed by atoms with Crippen LogP contribution in [0.25, 0.3) is 28.2 Å². The molecule has 6 nitrogen and oxygen atoms in total. The van der Waals surface area contributed by atoms with Crippen LogP contribution in [0.2, 0.25) is 5.02 Å². The maximum atomic E-state index is 6.00. The summed E-state index contributed by atoms with van der Waals surface area (Å²) in [6.07, 6.45) is 1.99. The van der Waals surface area contributed by atoms with Crippen molar-refractivity contribution in [3.63, 3.8) is 0 Å². The Morgan fingerprint density at radius 2 is 1.39 bits per heavy atom. The van der Waals surface area contributed by atoms with E-state index in [4.69, 9.17) is 25.8 Å². The molecule has 28 heavy (non-hydrogen) atoms. The highest BCUT2D eigenvalue weighted by Crippen LogP contribution is 2.41. The Morgan fingerprint density at radius 3 is 2.00 bits per heavy atom. The molecule has 2 aromatic heterocycles. The highest BCUT2D eigenvalue weighted by molar-refractivity contribution is 6.30. The van der Waals surface area contributed by atoms with Crippen molar-refractivity contribution < 1.29 is 14.2 Å². The van der Waals surface area contributed by atoms with Gasteiger partial charge in [0.2, 0.25) is 5.75 Å². The zero-order valence-electron chi connectivity index (χ0n) is 15.6. The number of benzene rings is 2. The van der Waals surface area contributed by atoms with Crippen molar-refractivity contribution in [1.82, 2.24) is 14.6 Å². The summed E-state index contributed by atoms with van der Waals surface area (Å²) in [5.41, 5.74) is 3.56. The molecule has 2 aromatic carbocycles. The van der Waals surface area contributed by atoms with Crippen molar-refractivity contribution in [3.8, 4) is 39.8 Å². The van der Waals surface area contributed by atoms with Crippen molar-refractivity contribution in [3.05, 3.63) is 59.8 Å². The molecule has 0 fully saturated rings. The Kier molecular flexibility index (Phi) is 4.79. The normalized spacial score (nSPS) is 10.9. The summed E-state index contributed by atoms with van der Waals surface area (Å²) >= 11 is 6.00. The Bertz CT molecular complexity index is 1110. The van der Waals surface area contributed by atoms with E-state index in [1.54, 1.807) is 21.3 Å². The third-order valence-electron chi connectivity index (χ3n) is 4.50. The van der Waals surface area contributed by atoms with Gasteiger partial charge in [-0.3, -0.25) is 4.40 Å². The fourth-order valence-corrected chi connectivity index (χ4v) is 3.23. The number of hydrogen-bond donors (Lipinski definition) is 0. The van der Waals surface area contributed by atoms with E-state index in [-0.39, 0.29) is 0 Å². The van der Waals surface area contributed by atoms with Gasteiger partial charge in [-0.2, -0.15) is 0 Å². The predicted octanol–water partition coefficient (Wildman–Crippen LogP) is 4.74. The summed E-state index contributed by atoms with van der Waals surface area (Å²) in [6.45, 7) is 0. The van der Waals surface area contributed by atoms with Crippen molar-refractivity contribution in [1.29, 1.82) is 0 Å². The molecule has 0 spiro atoms. The van der Waals surface area contributed by atoms with Gasteiger partial charge in [-0.15, -0.1) is 10.2 Å². The third-order valence-corrected chi connectivity index (χ3v) is 4.75. The van der Waals surface area contributed by atoms with Gasteiger partial charge in [-0.05, 0) is 59.7 Å². The molecule has 0 radical (unpaired) electrons. The number of hydrogen-bond acceptors (Lipinski definition) is 5. The monoisotopic (exact) mass is 395 g/mol. The Morgan fingerprint density at radius 1 is 0.750 bits per heavy atom. The van der Waals surface area contributed by atoms with Gasteiger partial charge >= 0.3 is 0 Å². The van der Waals surface area contributed by atoms with Crippen molar-refractivity contribution in [2.45, 2.75) is 0 Å². The van der Waals surface area contributed by atoms with Crippen LogP contribution in [0.1, 0.15) is 0 Å². The average Bonchev–Trinajstić information content (AvgIpc) is 3.16. The first-order valence-electron chi connectivity index (χ1n) is 8.55. The van der Waals surface area contributed by atoms with Crippen LogP contribution in [0.15, 0.2) is 54.7 Å². The number of halogens is 1. The highest BCUT2D eigenvalue weighted by Gasteiger charge is 2.15. The molecular weight excluding hydrogens is 378 g/mol. The van der Waals surface area contributed by atoms with Crippen molar-refractivity contribution in [2.24, 2.45) is 0 Å². The van der Waals surface area contributed by atoms with E-state index >= 15 is 0 Å². The highest BCUT2D eigenvalue weighted by atomic mass is 35.5.